The zero-order valence-corrected chi connectivity index (χ0v) is 23.3. The lowest BCUT2D eigenvalue weighted by atomic mass is 9.95. The predicted molar refractivity (Wildman–Crippen MR) is 146 cm³/mol. The summed E-state index contributed by atoms with van der Waals surface area (Å²) in [5, 5.41) is 3.68. The summed E-state index contributed by atoms with van der Waals surface area (Å²) in [6.45, 7) is 1.55. The second-order valence-corrected chi connectivity index (χ2v) is 12.1. The van der Waals surface area contributed by atoms with Crippen LogP contribution in [0.2, 0.25) is 5.02 Å². The number of nitrogens with zero attached hydrogens (tertiary/aromatic N) is 2. The van der Waals surface area contributed by atoms with Crippen LogP contribution < -0.4 is 19.1 Å². The maximum Gasteiger partial charge on any atom is 0.244 e. The van der Waals surface area contributed by atoms with Gasteiger partial charge in [0.05, 0.1) is 11.9 Å². The quantitative estimate of drug-likeness (QED) is 0.467. The van der Waals surface area contributed by atoms with Gasteiger partial charge in [-0.05, 0) is 49.1 Å². The Labute approximate surface area is 229 Å². The summed E-state index contributed by atoms with van der Waals surface area (Å²) in [7, 11) is -3.85. The zero-order chi connectivity index (χ0) is 27.3. The van der Waals surface area contributed by atoms with Crippen molar-refractivity contribution < 1.29 is 27.5 Å². The summed E-state index contributed by atoms with van der Waals surface area (Å²) in [4.78, 5) is 28.7. The normalized spacial score (nSPS) is 16.1. The van der Waals surface area contributed by atoms with E-state index < -0.39 is 28.5 Å². The predicted octanol–water partition coefficient (Wildman–Crippen LogP) is 4.09. The molecule has 2 aromatic rings. The number of carbonyl (C=O) groups excluding carboxylic acids is 2. The number of sulfonamides is 1. The highest BCUT2D eigenvalue weighted by Crippen LogP contribution is 2.36. The molecule has 0 unspecified atom stereocenters. The fraction of sp³-hybridized carbons (Fsp3) is 0.481. The molecule has 1 atom stereocenters. The van der Waals surface area contributed by atoms with Crippen molar-refractivity contribution in [1.82, 2.24) is 10.2 Å². The molecule has 1 heterocycles. The van der Waals surface area contributed by atoms with Gasteiger partial charge in [0.25, 0.3) is 0 Å². The summed E-state index contributed by atoms with van der Waals surface area (Å²) in [5.74, 6) is 0.188. The lowest BCUT2D eigenvalue weighted by Gasteiger charge is -2.34. The molecule has 0 spiro atoms. The van der Waals surface area contributed by atoms with Gasteiger partial charge in [-0.25, -0.2) is 8.42 Å². The van der Waals surface area contributed by atoms with Crippen molar-refractivity contribution in [2.45, 2.75) is 64.1 Å². The van der Waals surface area contributed by atoms with E-state index in [4.69, 9.17) is 21.1 Å². The second-order valence-electron chi connectivity index (χ2n) is 9.72. The summed E-state index contributed by atoms with van der Waals surface area (Å²) in [5.41, 5.74) is 1.05. The van der Waals surface area contributed by atoms with Crippen LogP contribution in [0.5, 0.6) is 11.5 Å². The van der Waals surface area contributed by atoms with E-state index in [-0.39, 0.29) is 31.0 Å². The monoisotopic (exact) mass is 563 g/mol. The van der Waals surface area contributed by atoms with Crippen molar-refractivity contribution in [1.29, 1.82) is 0 Å². The third-order valence-electron chi connectivity index (χ3n) is 6.93. The molecule has 11 heteroatoms. The van der Waals surface area contributed by atoms with Crippen LogP contribution in [0.1, 0.15) is 51.0 Å². The third kappa shape index (κ3) is 6.91. The Morgan fingerprint density at radius 2 is 1.74 bits per heavy atom. The smallest absolute Gasteiger partial charge is 0.244 e. The highest BCUT2D eigenvalue weighted by atomic mass is 35.5. The first kappa shape index (κ1) is 28.0. The van der Waals surface area contributed by atoms with Crippen LogP contribution in [-0.2, 0) is 26.2 Å². The first-order chi connectivity index (χ1) is 18.2. The minimum atomic E-state index is -3.85. The lowest BCUT2D eigenvalue weighted by Crippen LogP contribution is -2.53. The average molecular weight is 564 g/mol. The van der Waals surface area contributed by atoms with Gasteiger partial charge in [0, 0.05) is 23.7 Å². The number of fused-ring (bicyclic) bond motifs is 1. The number of anilines is 1. The highest BCUT2D eigenvalue weighted by Gasteiger charge is 2.33. The van der Waals surface area contributed by atoms with Crippen LogP contribution in [0.15, 0.2) is 42.5 Å². The summed E-state index contributed by atoms with van der Waals surface area (Å²) >= 11 is 6.05. The Kier molecular flexibility index (Phi) is 9.04. The number of halogens is 1. The lowest BCUT2D eigenvalue weighted by molar-refractivity contribution is -0.140. The molecule has 0 saturated heterocycles. The molecule has 0 radical (unpaired) electrons. The molecule has 9 nitrogen and oxygen atoms in total. The Hall–Kier alpha value is -2.98. The molecule has 1 aliphatic heterocycles. The van der Waals surface area contributed by atoms with E-state index in [0.717, 1.165) is 48.2 Å². The van der Waals surface area contributed by atoms with Gasteiger partial charge in [0.2, 0.25) is 28.6 Å². The molecule has 1 saturated carbocycles. The van der Waals surface area contributed by atoms with E-state index in [0.29, 0.717) is 22.9 Å². The summed E-state index contributed by atoms with van der Waals surface area (Å²) < 4.78 is 37.4. The first-order valence-corrected chi connectivity index (χ1v) is 15.1. The Morgan fingerprint density at radius 1 is 1.05 bits per heavy atom. The topological polar surface area (TPSA) is 105 Å². The van der Waals surface area contributed by atoms with Crippen molar-refractivity contribution >= 4 is 39.1 Å². The van der Waals surface area contributed by atoms with E-state index >= 15 is 0 Å². The molecule has 2 aromatic carbocycles. The molecule has 0 aromatic heterocycles. The molecule has 1 N–H and O–H groups in total. The number of carbonyl (C=O) groups is 2. The Balaban J connectivity index is 1.61. The van der Waals surface area contributed by atoms with Crippen molar-refractivity contribution in [2.75, 3.05) is 23.9 Å². The number of benzene rings is 2. The second kappa shape index (κ2) is 12.3. The standard InChI is InChI=1S/C27H34ClN3O6S/c1-3-23(27(33)29-21-7-5-4-6-8-21)30(16-19-9-11-20(28)12-10-19)26(32)17-31(38(2,34)35)22-13-14-24-25(15-22)37-18-36-24/h9-15,21,23H,3-8,16-18H2,1-2H3,(H,29,33)/t23-/m1/s1. The van der Waals surface area contributed by atoms with E-state index in [9.17, 15) is 18.0 Å². The average Bonchev–Trinajstić information content (AvgIpc) is 3.36. The van der Waals surface area contributed by atoms with Crippen molar-refractivity contribution in [3.05, 3.63) is 53.1 Å². The van der Waals surface area contributed by atoms with Gasteiger partial charge in [0.15, 0.2) is 11.5 Å². The minimum Gasteiger partial charge on any atom is -0.454 e. The van der Waals surface area contributed by atoms with Crippen molar-refractivity contribution in [2.24, 2.45) is 0 Å². The Morgan fingerprint density at radius 3 is 2.39 bits per heavy atom. The highest BCUT2D eigenvalue weighted by molar-refractivity contribution is 7.92. The van der Waals surface area contributed by atoms with Crippen LogP contribution in [-0.4, -0.2) is 56.8 Å². The largest absolute Gasteiger partial charge is 0.454 e. The van der Waals surface area contributed by atoms with Gasteiger partial charge >= 0.3 is 0 Å². The maximum absolute atomic E-state index is 13.8. The maximum atomic E-state index is 13.8. The minimum absolute atomic E-state index is 0.0414. The van der Waals surface area contributed by atoms with Gasteiger partial charge in [0.1, 0.15) is 12.6 Å². The third-order valence-corrected chi connectivity index (χ3v) is 8.32. The summed E-state index contributed by atoms with van der Waals surface area (Å²) in [6, 6.07) is 11.1. The van der Waals surface area contributed by atoms with Gasteiger partial charge in [-0.3, -0.25) is 13.9 Å². The van der Waals surface area contributed by atoms with Crippen LogP contribution in [0.4, 0.5) is 5.69 Å². The van der Waals surface area contributed by atoms with Crippen LogP contribution in [0, 0.1) is 0 Å². The van der Waals surface area contributed by atoms with Crippen LogP contribution in [0.25, 0.3) is 0 Å². The molecule has 0 bridgehead atoms. The van der Waals surface area contributed by atoms with E-state index in [2.05, 4.69) is 5.32 Å². The van der Waals surface area contributed by atoms with Gasteiger partial charge in [-0.1, -0.05) is 49.9 Å². The molecular weight excluding hydrogens is 530 g/mol. The SMILES string of the molecule is CC[C@H](C(=O)NC1CCCCC1)N(Cc1ccc(Cl)cc1)C(=O)CN(c1ccc2c(c1)OCO2)S(C)(=O)=O. The molecular formula is C27H34ClN3O6S. The van der Waals surface area contributed by atoms with Crippen molar-refractivity contribution in [3.8, 4) is 11.5 Å². The number of nitrogens with one attached hydrogen (secondary N) is 1. The van der Waals surface area contributed by atoms with Gasteiger partial charge < -0.3 is 19.7 Å². The molecule has 4 rings (SSSR count). The number of amides is 2. The molecule has 1 fully saturated rings. The molecule has 38 heavy (non-hydrogen) atoms. The van der Waals surface area contributed by atoms with Crippen molar-refractivity contribution in [3.63, 3.8) is 0 Å². The van der Waals surface area contributed by atoms with E-state index in [1.165, 1.54) is 11.0 Å². The fourth-order valence-electron chi connectivity index (χ4n) is 4.90. The number of rotatable bonds is 10. The Bertz CT molecular complexity index is 1250. The fourth-order valence-corrected chi connectivity index (χ4v) is 5.87. The molecule has 2 amide bonds. The van der Waals surface area contributed by atoms with E-state index in [1.54, 1.807) is 36.4 Å². The molecule has 2 aliphatic rings. The number of hydrogen-bond donors (Lipinski definition) is 1. The van der Waals surface area contributed by atoms with Crippen LogP contribution in [0.3, 0.4) is 0 Å². The van der Waals surface area contributed by atoms with Gasteiger partial charge in [-0.15, -0.1) is 0 Å². The van der Waals surface area contributed by atoms with E-state index in [1.807, 2.05) is 6.92 Å². The molecule has 1 aliphatic carbocycles. The first-order valence-electron chi connectivity index (χ1n) is 12.9. The molecule has 206 valence electrons. The number of hydrogen-bond acceptors (Lipinski definition) is 6. The van der Waals surface area contributed by atoms with Crippen LogP contribution >= 0.6 is 11.6 Å². The van der Waals surface area contributed by atoms with Gasteiger partial charge in [-0.2, -0.15) is 0 Å². The number of ether oxygens (including phenoxy) is 2. The zero-order valence-electron chi connectivity index (χ0n) is 21.7. The summed E-state index contributed by atoms with van der Waals surface area (Å²) in [6.07, 6.45) is 6.54.